The van der Waals surface area contributed by atoms with E-state index in [1.165, 1.54) is 102 Å². The molecule has 22 rings (SSSR count). The molecule has 20 aromatic rings. The van der Waals surface area contributed by atoms with Crippen LogP contribution in [-0.4, -0.2) is 84.7 Å². The van der Waals surface area contributed by atoms with Gasteiger partial charge in [0.05, 0.1) is 49.4 Å². The Morgan fingerprint density at radius 2 is 0.612 bits per heavy atom. The van der Waals surface area contributed by atoms with E-state index in [0.717, 1.165) is 99.8 Å². The topological polar surface area (TPSA) is 199 Å². The van der Waals surface area contributed by atoms with Gasteiger partial charge in [-0.3, -0.25) is 4.39 Å². The van der Waals surface area contributed by atoms with Crippen LogP contribution in [0.25, 0.3) is 22.9 Å². The largest absolute Gasteiger partial charge is 0.497 e. The van der Waals surface area contributed by atoms with E-state index in [9.17, 15) is 4.39 Å². The fraction of sp³-hybridized carbons (Fsp3) is 0.180. The third-order valence-corrected chi connectivity index (χ3v) is 34.7. The van der Waals surface area contributed by atoms with Crippen molar-refractivity contribution in [3.63, 3.8) is 0 Å². The number of benzene rings is 14. The first-order valence-corrected chi connectivity index (χ1v) is 54.7. The average molecular weight is 2140 g/mol. The second kappa shape index (κ2) is 57.8. The average Bonchev–Trinajstić information content (AvgIpc) is 1.60. The molecule has 6 heterocycles. The molecule has 0 aliphatic heterocycles. The summed E-state index contributed by atoms with van der Waals surface area (Å²) in [6.45, 7) is 6.72. The number of nitrogens with one attached hydrogen (secondary N) is 2. The number of aromatic nitrogens is 10. The van der Waals surface area contributed by atoms with Gasteiger partial charge in [-0.25, -0.2) is 29.9 Å². The van der Waals surface area contributed by atoms with E-state index in [2.05, 4.69) is 390 Å². The third-order valence-electron chi connectivity index (χ3n) is 24.6. The molecule has 2 fully saturated rings. The van der Waals surface area contributed by atoms with Gasteiger partial charge in [0.25, 0.3) is 0 Å². The van der Waals surface area contributed by atoms with Crippen LogP contribution in [0.1, 0.15) is 117 Å². The summed E-state index contributed by atoms with van der Waals surface area (Å²) in [6, 6.07) is 141. The molecule has 18 nitrogen and oxygen atoms in total. The summed E-state index contributed by atoms with van der Waals surface area (Å²) in [7, 11) is 3.78. The van der Waals surface area contributed by atoms with Crippen LogP contribution in [0, 0.1) is 20.8 Å². The Morgan fingerprint density at radius 1 is 0.347 bits per heavy atom. The molecule has 0 radical (unpaired) electrons. The van der Waals surface area contributed by atoms with Crippen molar-refractivity contribution in [3.05, 3.63) is 470 Å². The van der Waals surface area contributed by atoms with Gasteiger partial charge < -0.3 is 38.4 Å². The number of fused-ring (bicyclic) bond motifs is 2. The molecule has 0 amide bonds. The molecule has 6 aromatic heterocycles. The van der Waals surface area contributed by atoms with E-state index in [-0.39, 0.29) is 20.4 Å². The summed E-state index contributed by atoms with van der Waals surface area (Å²) in [5, 5.41) is 33.6. The predicted octanol–water partition coefficient (Wildman–Crippen LogP) is 24.9. The van der Waals surface area contributed by atoms with Crippen LogP contribution in [0.2, 0.25) is 5.15 Å². The van der Waals surface area contributed by atoms with Gasteiger partial charge in [0.1, 0.15) is 46.4 Å². The summed E-state index contributed by atoms with van der Waals surface area (Å²) < 4.78 is 51.0. The molecule has 14 aromatic carbocycles. The third kappa shape index (κ3) is 30.2. The SMILES string of the molecule is COc1ccc(CNc2nc(-c3ncco3)c(C)c3nc(C4CCCCC4)nn23)c(OC)c1.COc1ccc(CNc2nc(Cl)c(C)c3nc(C4CCCCC4)nn23)c(OC)c1.Cc1ncco1.[2H]CF.[Pd].c1ccc(P(c2ccccc2)c2ccccc2)cc1.c1ccc(P(c2ccccc2)c2ccccc2)cc1.c1ccc(P(c2ccccc2)c2ccccc2)cc1.c1ccc(P(c2ccccc2)c2ccccc2)cc1. The maximum Gasteiger partial charge on any atom is 0.245 e. The van der Waals surface area contributed by atoms with Gasteiger partial charge in [0, 0.05) is 86.7 Å². The minimum Gasteiger partial charge on any atom is -0.497 e. The van der Waals surface area contributed by atoms with Crippen LogP contribution in [0.5, 0.6) is 23.0 Å². The molecule has 0 unspecified atom stereocenters. The van der Waals surface area contributed by atoms with Gasteiger partial charge in [0.2, 0.25) is 17.8 Å². The molecule has 0 spiro atoms. The fourth-order valence-corrected chi connectivity index (χ4v) is 26.7. The van der Waals surface area contributed by atoms with Crippen molar-refractivity contribution in [2.24, 2.45) is 0 Å². The van der Waals surface area contributed by atoms with Gasteiger partial charge in [0.15, 0.2) is 28.8 Å². The molecular weight excluding hydrogens is 2010 g/mol. The zero-order valence-corrected chi connectivity index (χ0v) is 89.4. The summed E-state index contributed by atoms with van der Waals surface area (Å²) in [6.07, 6.45) is 18.4. The predicted molar refractivity (Wildman–Crippen MR) is 606 cm³/mol. The molecule has 750 valence electrons. The Bertz CT molecular complexity index is 6390. The standard InChI is InChI=1S/C24H28N6O3.C21H26ClN5O2.4C18H15P.C4H5NO.CH3F.Pd/c1-15-20(23-25-11-12-33-23)27-24(26-14-17-9-10-18(31-2)13-19(17)32-3)30-22(15)28-21(29-30)16-7-5-4-6-8-16;1-13-18(22)24-21(23-12-15-9-10-16(28-2)11-17(15)29-3)27-20(13)25-19(26-27)14-7-5-4-6-8-14;4*1-4-10-16(11-5-1)19(17-12-6-2-7-13-17)18-14-8-3-9-15-18;1-4-5-2-3-6-4;1-2;/h9-13,16H,4-8,14H2,1-3H3,(H,26,27);9-11,14H,4-8,12H2,1-3H3,(H,23,24);4*1-15H;2-3H,1H3;1H3;/i;;;;;;;1D;. The number of aryl methyl sites for hydroxylation is 3. The van der Waals surface area contributed by atoms with E-state index in [1.807, 2.05) is 54.8 Å². The van der Waals surface area contributed by atoms with Crippen molar-refractivity contribution in [1.29, 1.82) is 0 Å². The van der Waals surface area contributed by atoms with Gasteiger partial charge in [-0.05, 0) is 159 Å². The van der Waals surface area contributed by atoms with Crippen molar-refractivity contribution in [1.82, 2.24) is 49.1 Å². The first-order chi connectivity index (χ1) is 72.4. The summed E-state index contributed by atoms with van der Waals surface area (Å²) in [4.78, 5) is 27.2. The fourth-order valence-electron chi connectivity index (χ4n) is 17.3. The zero-order chi connectivity index (χ0) is 102. The van der Waals surface area contributed by atoms with Crippen LogP contribution in [0.3, 0.4) is 0 Å². The number of oxazole rings is 2. The van der Waals surface area contributed by atoms with Gasteiger partial charge in [-0.2, -0.15) is 9.03 Å². The smallest absolute Gasteiger partial charge is 0.245 e. The number of methoxy groups -OCH3 is 4. The minimum absolute atomic E-state index is 0. The minimum atomic E-state index is -1.00. The van der Waals surface area contributed by atoms with E-state index in [1.54, 1.807) is 64.8 Å². The van der Waals surface area contributed by atoms with E-state index < -0.39 is 38.8 Å². The molecule has 147 heavy (non-hydrogen) atoms. The van der Waals surface area contributed by atoms with Crippen molar-refractivity contribution in [2.45, 2.75) is 110 Å². The monoisotopic (exact) mass is 2140 g/mol. The molecule has 2 aliphatic rings. The van der Waals surface area contributed by atoms with Crippen molar-refractivity contribution in [2.75, 3.05) is 46.2 Å². The van der Waals surface area contributed by atoms with Crippen molar-refractivity contribution in [3.8, 4) is 34.6 Å². The Balaban J connectivity index is 0.000000139. The molecule has 25 heteroatoms. The Labute approximate surface area is 887 Å². The first kappa shape index (κ1) is 107. The maximum atomic E-state index is 9.96. The summed E-state index contributed by atoms with van der Waals surface area (Å²) in [5.74, 6) is 7.87. The van der Waals surface area contributed by atoms with Gasteiger partial charge in [-0.1, -0.05) is 414 Å². The number of anilines is 2. The Morgan fingerprint density at radius 3 is 0.850 bits per heavy atom. The Hall–Kier alpha value is -14.0. The number of nitrogens with zero attached hydrogens (tertiary/aromatic N) is 10. The molecule has 2 N–H and O–H groups in total. The van der Waals surface area contributed by atoms with Gasteiger partial charge >= 0.3 is 0 Å². The quantitative estimate of drug-likeness (QED) is 0.0311. The van der Waals surface area contributed by atoms with Crippen LogP contribution in [-0.2, 0) is 33.5 Å². The van der Waals surface area contributed by atoms with Crippen LogP contribution in [0.4, 0.5) is 16.3 Å². The number of ether oxygens (including phenoxy) is 4. The zero-order valence-electron chi connectivity index (χ0n) is 84.5. The Kier molecular flexibility index (Phi) is 42.2. The van der Waals surface area contributed by atoms with E-state index >= 15 is 0 Å². The molecule has 2 saturated carbocycles. The van der Waals surface area contributed by atoms with Crippen LogP contribution in [0.15, 0.2) is 434 Å². The number of hydrogen-bond acceptors (Lipinski definition) is 16. The second-order valence-corrected chi connectivity index (χ2v) is 43.4. The molecular formula is C122H122ClFN12O6P4Pd. The number of rotatable bonds is 25. The summed E-state index contributed by atoms with van der Waals surface area (Å²) >= 11 is 6.39. The summed E-state index contributed by atoms with van der Waals surface area (Å²) in [5.41, 5.74) is 5.86. The van der Waals surface area contributed by atoms with Crippen molar-refractivity contribution < 1.29 is 54.0 Å². The van der Waals surface area contributed by atoms with E-state index in [4.69, 9.17) is 65.9 Å². The molecule has 0 atom stereocenters. The van der Waals surface area contributed by atoms with Crippen LogP contribution >= 0.6 is 43.3 Å². The molecule has 0 bridgehead atoms. The molecule has 2 aliphatic carbocycles. The normalized spacial score (nSPS) is 12.2. The number of alkyl halides is 1. The molecule has 0 saturated heterocycles. The first-order valence-electron chi connectivity index (χ1n) is 49.6. The second-order valence-electron chi connectivity index (χ2n) is 34.2. The van der Waals surface area contributed by atoms with E-state index in [0.29, 0.717) is 53.6 Å². The maximum absolute atomic E-state index is 9.96. The van der Waals surface area contributed by atoms with Gasteiger partial charge in [-0.15, -0.1) is 10.2 Å². The van der Waals surface area contributed by atoms with Crippen LogP contribution < -0.4 is 93.2 Å². The van der Waals surface area contributed by atoms with Crippen molar-refractivity contribution >= 4 is 130 Å². The number of halogens is 2. The number of hydrogen-bond donors (Lipinski definition) is 2.